The topological polar surface area (TPSA) is 36.4 Å². The van der Waals surface area contributed by atoms with Crippen molar-refractivity contribution >= 4 is 33.3 Å². The van der Waals surface area contributed by atoms with Crippen molar-refractivity contribution in [3.63, 3.8) is 0 Å². The summed E-state index contributed by atoms with van der Waals surface area (Å²) in [6.45, 7) is 0.387. The molecule has 2 rings (SSSR count). The normalized spacial score (nSPS) is 15.8. The predicted octanol–water partition coefficient (Wildman–Crippen LogP) is 1.26. The Kier molecular flexibility index (Phi) is 2.19. The van der Waals surface area contributed by atoms with E-state index in [2.05, 4.69) is 20.9 Å². The van der Waals surface area contributed by atoms with E-state index in [4.69, 9.17) is 0 Å². The summed E-state index contributed by atoms with van der Waals surface area (Å²) in [5.74, 6) is 0.926. The van der Waals surface area contributed by atoms with Gasteiger partial charge in [-0.25, -0.2) is 4.98 Å². The number of carbonyl (C=O) groups excluding carboxylic acids is 1. The van der Waals surface area contributed by atoms with Gasteiger partial charge in [0, 0.05) is 24.8 Å². The number of rotatable bonds is 0. The molecule has 0 spiro atoms. The molecule has 5 heteroatoms. The predicted molar refractivity (Wildman–Crippen MR) is 58.6 cm³/mol. The molecule has 0 atom stereocenters. The summed E-state index contributed by atoms with van der Waals surface area (Å²) in [6, 6.07) is 1.90. The van der Waals surface area contributed by atoms with Crippen molar-refractivity contribution in [3.05, 3.63) is 16.7 Å². The van der Waals surface area contributed by atoms with E-state index in [-0.39, 0.29) is 5.91 Å². The van der Waals surface area contributed by atoms with Crippen molar-refractivity contribution in [3.8, 4) is 0 Å². The molecule has 74 valence electrons. The van der Waals surface area contributed by atoms with Crippen LogP contribution in [0.2, 0.25) is 0 Å². The molecule has 0 unspecified atom stereocenters. The molecule has 1 aliphatic heterocycles. The van der Waals surface area contributed by atoms with Gasteiger partial charge in [0.05, 0.1) is 12.2 Å². The molecule has 2 heterocycles. The monoisotopic (exact) mass is 255 g/mol. The zero-order valence-corrected chi connectivity index (χ0v) is 9.58. The van der Waals surface area contributed by atoms with E-state index in [9.17, 15) is 4.79 Å². The first kappa shape index (κ1) is 9.45. The number of hydrogen-bond acceptors (Lipinski definition) is 3. The molecule has 0 bridgehead atoms. The first-order chi connectivity index (χ1) is 6.59. The maximum Gasteiger partial charge on any atom is 0.246 e. The van der Waals surface area contributed by atoms with E-state index in [1.165, 1.54) is 0 Å². The number of anilines is 2. The van der Waals surface area contributed by atoms with Gasteiger partial charge in [-0.05, 0) is 22.0 Å². The van der Waals surface area contributed by atoms with Crippen LogP contribution in [-0.4, -0.2) is 31.5 Å². The Labute approximate surface area is 90.7 Å². The SMILES string of the molecule is CN1CC(=O)N(C)c2cc(Br)cnc21. The Balaban J connectivity index is 2.56. The van der Waals surface area contributed by atoms with E-state index in [1.54, 1.807) is 18.1 Å². The third kappa shape index (κ3) is 1.37. The van der Waals surface area contributed by atoms with Crippen LogP contribution in [0.15, 0.2) is 16.7 Å². The summed E-state index contributed by atoms with van der Waals surface area (Å²) in [7, 11) is 3.63. The first-order valence-electron chi connectivity index (χ1n) is 4.23. The summed E-state index contributed by atoms with van der Waals surface area (Å²) < 4.78 is 0.881. The van der Waals surface area contributed by atoms with E-state index in [0.29, 0.717) is 6.54 Å². The number of fused-ring (bicyclic) bond motifs is 1. The van der Waals surface area contributed by atoms with Crippen LogP contribution in [0.25, 0.3) is 0 Å². The summed E-state index contributed by atoms with van der Waals surface area (Å²) in [5, 5.41) is 0. The van der Waals surface area contributed by atoms with Crippen LogP contribution < -0.4 is 9.80 Å². The molecule has 0 N–H and O–H groups in total. The number of pyridine rings is 1. The Morgan fingerprint density at radius 3 is 2.93 bits per heavy atom. The van der Waals surface area contributed by atoms with Crippen LogP contribution >= 0.6 is 15.9 Å². The zero-order valence-electron chi connectivity index (χ0n) is 7.99. The maximum absolute atomic E-state index is 11.5. The van der Waals surface area contributed by atoms with Gasteiger partial charge in [-0.1, -0.05) is 0 Å². The van der Waals surface area contributed by atoms with Crippen molar-refractivity contribution in [1.29, 1.82) is 0 Å². The number of hydrogen-bond donors (Lipinski definition) is 0. The Morgan fingerprint density at radius 2 is 2.21 bits per heavy atom. The third-order valence-corrected chi connectivity index (χ3v) is 2.72. The summed E-state index contributed by atoms with van der Waals surface area (Å²) in [4.78, 5) is 19.3. The van der Waals surface area contributed by atoms with Gasteiger partial charge < -0.3 is 9.80 Å². The number of likely N-dealkylation sites (N-methyl/N-ethyl adjacent to an activating group) is 2. The molecule has 0 aromatic carbocycles. The van der Waals surface area contributed by atoms with Crippen LogP contribution in [0.1, 0.15) is 0 Å². The standard InChI is InChI=1S/C9H10BrN3O/c1-12-5-8(14)13(2)7-3-6(10)4-11-9(7)12/h3-4H,5H2,1-2H3. The fourth-order valence-electron chi connectivity index (χ4n) is 1.48. The number of halogens is 1. The largest absolute Gasteiger partial charge is 0.349 e. The van der Waals surface area contributed by atoms with E-state index in [1.807, 2.05) is 18.0 Å². The molecule has 1 aliphatic rings. The molecule has 0 saturated heterocycles. The molecule has 0 aliphatic carbocycles. The third-order valence-electron chi connectivity index (χ3n) is 2.28. The Bertz CT molecular complexity index is 394. The summed E-state index contributed by atoms with van der Waals surface area (Å²) >= 11 is 3.34. The fraction of sp³-hybridized carbons (Fsp3) is 0.333. The van der Waals surface area contributed by atoms with Crippen molar-refractivity contribution in [2.24, 2.45) is 0 Å². The number of amides is 1. The number of carbonyl (C=O) groups is 1. The Morgan fingerprint density at radius 1 is 1.50 bits per heavy atom. The average Bonchev–Trinajstić information content (AvgIpc) is 2.14. The lowest BCUT2D eigenvalue weighted by atomic mass is 10.2. The van der Waals surface area contributed by atoms with Gasteiger partial charge in [-0.15, -0.1) is 0 Å². The zero-order chi connectivity index (χ0) is 10.3. The van der Waals surface area contributed by atoms with Crippen LogP contribution in [0.5, 0.6) is 0 Å². The van der Waals surface area contributed by atoms with Crippen LogP contribution in [0, 0.1) is 0 Å². The van der Waals surface area contributed by atoms with Crippen LogP contribution in [-0.2, 0) is 4.79 Å². The van der Waals surface area contributed by atoms with Gasteiger partial charge in [0.1, 0.15) is 0 Å². The minimum Gasteiger partial charge on any atom is -0.349 e. The summed E-state index contributed by atoms with van der Waals surface area (Å²) in [5.41, 5.74) is 0.845. The van der Waals surface area contributed by atoms with E-state index >= 15 is 0 Å². The second-order valence-electron chi connectivity index (χ2n) is 3.31. The lowest BCUT2D eigenvalue weighted by molar-refractivity contribution is -0.117. The fourth-order valence-corrected chi connectivity index (χ4v) is 1.80. The highest BCUT2D eigenvalue weighted by Crippen LogP contribution is 2.31. The minimum absolute atomic E-state index is 0.0832. The van der Waals surface area contributed by atoms with Crippen molar-refractivity contribution in [2.45, 2.75) is 0 Å². The second kappa shape index (κ2) is 3.24. The highest BCUT2D eigenvalue weighted by Gasteiger charge is 2.25. The van der Waals surface area contributed by atoms with Gasteiger partial charge in [-0.3, -0.25) is 4.79 Å². The molecule has 4 nitrogen and oxygen atoms in total. The smallest absolute Gasteiger partial charge is 0.246 e. The molecular formula is C9H10BrN3O. The van der Waals surface area contributed by atoms with Gasteiger partial charge in [0.15, 0.2) is 5.82 Å². The van der Waals surface area contributed by atoms with E-state index < -0.39 is 0 Å². The molecule has 1 aromatic rings. The van der Waals surface area contributed by atoms with Crippen LogP contribution in [0.3, 0.4) is 0 Å². The van der Waals surface area contributed by atoms with E-state index in [0.717, 1.165) is 16.0 Å². The maximum atomic E-state index is 11.5. The van der Waals surface area contributed by atoms with Crippen LogP contribution in [0.4, 0.5) is 11.5 Å². The molecule has 0 fully saturated rings. The summed E-state index contributed by atoms with van der Waals surface area (Å²) in [6.07, 6.45) is 1.74. The highest BCUT2D eigenvalue weighted by atomic mass is 79.9. The van der Waals surface area contributed by atoms with Gasteiger partial charge in [-0.2, -0.15) is 0 Å². The van der Waals surface area contributed by atoms with Crippen molar-refractivity contribution in [1.82, 2.24) is 4.98 Å². The van der Waals surface area contributed by atoms with Crippen molar-refractivity contribution < 1.29 is 4.79 Å². The molecular weight excluding hydrogens is 246 g/mol. The number of aromatic nitrogens is 1. The second-order valence-corrected chi connectivity index (χ2v) is 4.22. The first-order valence-corrected chi connectivity index (χ1v) is 5.02. The van der Waals surface area contributed by atoms with Gasteiger partial charge in [0.2, 0.25) is 5.91 Å². The lowest BCUT2D eigenvalue weighted by Crippen LogP contribution is -2.42. The van der Waals surface area contributed by atoms with Gasteiger partial charge >= 0.3 is 0 Å². The highest BCUT2D eigenvalue weighted by molar-refractivity contribution is 9.10. The molecule has 1 aromatic heterocycles. The number of nitrogens with zero attached hydrogens (tertiary/aromatic N) is 3. The molecule has 0 radical (unpaired) electrons. The average molecular weight is 256 g/mol. The molecule has 0 saturated carbocycles. The lowest BCUT2D eigenvalue weighted by Gasteiger charge is -2.31. The Hall–Kier alpha value is -1.10. The molecule has 1 amide bonds. The quantitative estimate of drug-likeness (QED) is 0.701. The minimum atomic E-state index is 0.0832. The molecule has 14 heavy (non-hydrogen) atoms. The van der Waals surface area contributed by atoms with Crippen molar-refractivity contribution in [2.75, 3.05) is 30.4 Å². The van der Waals surface area contributed by atoms with Gasteiger partial charge in [0.25, 0.3) is 0 Å².